The van der Waals surface area contributed by atoms with Crippen LogP contribution in [0.4, 0.5) is 0 Å². The molecule has 0 bridgehead atoms. The summed E-state index contributed by atoms with van der Waals surface area (Å²) in [5, 5.41) is 0. The molecule has 4 heteroatoms. The lowest BCUT2D eigenvalue weighted by Gasteiger charge is -2.30. The molecule has 0 amide bonds. The molecule has 1 aromatic rings. The molecule has 2 unspecified atom stereocenters. The zero-order valence-corrected chi connectivity index (χ0v) is 11.5. The summed E-state index contributed by atoms with van der Waals surface area (Å²) >= 11 is 0. The number of ether oxygens (including phenoxy) is 1. The molecule has 1 saturated carbocycles. The van der Waals surface area contributed by atoms with Gasteiger partial charge in [-0.25, -0.2) is 4.79 Å². The van der Waals surface area contributed by atoms with Gasteiger partial charge >= 0.3 is 5.97 Å². The molecule has 0 radical (unpaired) electrons. The highest BCUT2D eigenvalue weighted by Crippen LogP contribution is 2.29. The van der Waals surface area contributed by atoms with Crippen LogP contribution >= 0.6 is 0 Å². The van der Waals surface area contributed by atoms with E-state index in [-0.39, 0.29) is 12.1 Å². The Kier molecular flexibility index (Phi) is 4.91. The molecule has 1 aliphatic carbocycles. The van der Waals surface area contributed by atoms with Gasteiger partial charge in [0, 0.05) is 12.7 Å². The molecule has 0 spiro atoms. The molecule has 2 N–H and O–H groups in total. The van der Waals surface area contributed by atoms with E-state index in [1.54, 1.807) is 18.3 Å². The van der Waals surface area contributed by atoms with Gasteiger partial charge in [0.25, 0.3) is 0 Å². The third kappa shape index (κ3) is 3.53. The summed E-state index contributed by atoms with van der Waals surface area (Å²) in [5.74, 6) is 0.260. The van der Waals surface area contributed by atoms with Crippen molar-refractivity contribution in [3.05, 3.63) is 29.6 Å². The van der Waals surface area contributed by atoms with Gasteiger partial charge in [0.2, 0.25) is 0 Å². The fourth-order valence-corrected chi connectivity index (χ4v) is 2.72. The fraction of sp³-hybridized carbons (Fsp3) is 0.600. The van der Waals surface area contributed by atoms with Crippen LogP contribution in [-0.2, 0) is 11.3 Å². The van der Waals surface area contributed by atoms with Gasteiger partial charge in [-0.2, -0.15) is 0 Å². The first-order chi connectivity index (χ1) is 9.24. The van der Waals surface area contributed by atoms with E-state index in [9.17, 15) is 4.79 Å². The number of carbonyl (C=O) groups is 1. The Balaban J connectivity index is 2.02. The summed E-state index contributed by atoms with van der Waals surface area (Å²) in [7, 11) is 0. The minimum atomic E-state index is -0.248. The number of nitrogens with zero attached hydrogens (tertiary/aromatic N) is 1. The van der Waals surface area contributed by atoms with Crippen molar-refractivity contribution in [3.8, 4) is 0 Å². The smallest absolute Gasteiger partial charge is 0.338 e. The summed E-state index contributed by atoms with van der Waals surface area (Å²) in [6.45, 7) is 2.50. The van der Waals surface area contributed by atoms with E-state index < -0.39 is 0 Å². The number of hydrogen-bond acceptors (Lipinski definition) is 4. The van der Waals surface area contributed by atoms with Gasteiger partial charge in [-0.1, -0.05) is 13.3 Å². The lowest BCUT2D eigenvalue weighted by Crippen LogP contribution is -2.29. The van der Waals surface area contributed by atoms with Crippen LogP contribution in [0.15, 0.2) is 18.3 Å². The van der Waals surface area contributed by atoms with E-state index in [1.807, 2.05) is 0 Å². The van der Waals surface area contributed by atoms with Crippen molar-refractivity contribution in [1.29, 1.82) is 0 Å². The number of carbonyl (C=O) groups excluding carboxylic acids is 1. The third-order valence-corrected chi connectivity index (χ3v) is 3.88. The van der Waals surface area contributed by atoms with E-state index in [0.717, 1.165) is 19.3 Å². The summed E-state index contributed by atoms with van der Waals surface area (Å²) in [6.07, 6.45) is 7.30. The molecule has 1 aliphatic rings. The molecular formula is C15H22N2O2. The highest BCUT2D eigenvalue weighted by molar-refractivity contribution is 5.89. The molecule has 2 atom stereocenters. The van der Waals surface area contributed by atoms with Gasteiger partial charge in [0.15, 0.2) is 0 Å². The van der Waals surface area contributed by atoms with Crippen molar-refractivity contribution < 1.29 is 9.53 Å². The highest BCUT2D eigenvalue weighted by Gasteiger charge is 2.27. The van der Waals surface area contributed by atoms with Crippen LogP contribution in [0.3, 0.4) is 0 Å². The lowest BCUT2D eigenvalue weighted by atomic mass is 9.85. The number of esters is 1. The topological polar surface area (TPSA) is 65.2 Å². The molecular weight excluding hydrogens is 240 g/mol. The first kappa shape index (κ1) is 14.0. The molecule has 2 rings (SSSR count). The zero-order valence-electron chi connectivity index (χ0n) is 11.5. The van der Waals surface area contributed by atoms with Crippen LogP contribution in [0.2, 0.25) is 0 Å². The molecule has 1 heterocycles. The van der Waals surface area contributed by atoms with Crippen LogP contribution in [0, 0.1) is 5.92 Å². The normalized spacial score (nSPS) is 23.1. The van der Waals surface area contributed by atoms with E-state index in [2.05, 4.69) is 11.9 Å². The Morgan fingerprint density at radius 2 is 2.26 bits per heavy atom. The maximum absolute atomic E-state index is 12.2. The average molecular weight is 262 g/mol. The van der Waals surface area contributed by atoms with Crippen molar-refractivity contribution in [3.63, 3.8) is 0 Å². The van der Waals surface area contributed by atoms with Crippen molar-refractivity contribution in [2.24, 2.45) is 11.7 Å². The second-order valence-corrected chi connectivity index (χ2v) is 5.14. The fourth-order valence-electron chi connectivity index (χ4n) is 2.72. The van der Waals surface area contributed by atoms with Gasteiger partial charge in [-0.3, -0.25) is 4.98 Å². The Morgan fingerprint density at radius 3 is 3.00 bits per heavy atom. The average Bonchev–Trinajstić information content (AvgIpc) is 2.47. The monoisotopic (exact) mass is 262 g/mol. The first-order valence-electron chi connectivity index (χ1n) is 7.10. The first-order valence-corrected chi connectivity index (χ1v) is 7.10. The molecule has 1 fully saturated rings. The lowest BCUT2D eigenvalue weighted by molar-refractivity contribution is 0.000686. The molecule has 1 aromatic heterocycles. The Hall–Kier alpha value is -1.42. The SMILES string of the molecule is CCC1CCCCC1OC(=O)c1ccnc(CN)c1. The minimum absolute atomic E-state index is 0.0701. The van der Waals surface area contributed by atoms with Gasteiger partial charge in [0.1, 0.15) is 6.10 Å². The van der Waals surface area contributed by atoms with Crippen molar-refractivity contribution in [2.75, 3.05) is 0 Å². The maximum Gasteiger partial charge on any atom is 0.338 e. The van der Waals surface area contributed by atoms with E-state index in [0.29, 0.717) is 23.7 Å². The third-order valence-electron chi connectivity index (χ3n) is 3.88. The zero-order chi connectivity index (χ0) is 13.7. The van der Waals surface area contributed by atoms with Gasteiger partial charge < -0.3 is 10.5 Å². The predicted octanol–water partition coefficient (Wildman–Crippen LogP) is 2.67. The van der Waals surface area contributed by atoms with Crippen LogP contribution in [0.5, 0.6) is 0 Å². The van der Waals surface area contributed by atoms with Crippen LogP contribution in [-0.4, -0.2) is 17.1 Å². The summed E-state index contributed by atoms with van der Waals surface area (Å²) in [4.78, 5) is 16.2. The molecule has 0 saturated heterocycles. The molecule has 4 nitrogen and oxygen atoms in total. The van der Waals surface area contributed by atoms with E-state index >= 15 is 0 Å². The Labute approximate surface area is 114 Å². The second-order valence-electron chi connectivity index (χ2n) is 5.14. The van der Waals surface area contributed by atoms with Crippen LogP contribution in [0.25, 0.3) is 0 Å². The highest BCUT2D eigenvalue weighted by atomic mass is 16.5. The summed E-state index contributed by atoms with van der Waals surface area (Å²) < 4.78 is 5.67. The van der Waals surface area contributed by atoms with Gasteiger partial charge in [-0.15, -0.1) is 0 Å². The van der Waals surface area contributed by atoms with Crippen LogP contribution < -0.4 is 5.73 Å². The van der Waals surface area contributed by atoms with E-state index in [4.69, 9.17) is 10.5 Å². The quantitative estimate of drug-likeness (QED) is 0.847. The summed E-state index contributed by atoms with van der Waals surface area (Å²) in [6, 6.07) is 3.40. The molecule has 0 aliphatic heterocycles. The van der Waals surface area contributed by atoms with Gasteiger partial charge in [0.05, 0.1) is 11.3 Å². The summed E-state index contributed by atoms with van der Waals surface area (Å²) in [5.41, 5.74) is 6.80. The number of pyridine rings is 1. The second kappa shape index (κ2) is 6.66. The predicted molar refractivity (Wildman–Crippen MR) is 73.6 cm³/mol. The number of nitrogens with two attached hydrogens (primary N) is 1. The maximum atomic E-state index is 12.2. The standard InChI is InChI=1S/C15H22N2O2/c1-2-11-5-3-4-6-14(11)19-15(18)12-7-8-17-13(9-12)10-16/h7-9,11,14H,2-6,10,16H2,1H3. The van der Waals surface area contributed by atoms with Crippen molar-refractivity contribution in [2.45, 2.75) is 51.7 Å². The number of hydrogen-bond donors (Lipinski definition) is 1. The van der Waals surface area contributed by atoms with Crippen LogP contribution in [0.1, 0.15) is 55.1 Å². The number of aromatic nitrogens is 1. The van der Waals surface area contributed by atoms with E-state index in [1.165, 1.54) is 12.8 Å². The molecule has 0 aromatic carbocycles. The minimum Gasteiger partial charge on any atom is -0.458 e. The van der Waals surface area contributed by atoms with Crippen molar-refractivity contribution in [1.82, 2.24) is 4.98 Å². The Morgan fingerprint density at radius 1 is 1.47 bits per heavy atom. The molecule has 19 heavy (non-hydrogen) atoms. The van der Waals surface area contributed by atoms with Crippen molar-refractivity contribution >= 4 is 5.97 Å². The van der Waals surface area contributed by atoms with Gasteiger partial charge in [-0.05, 0) is 43.7 Å². The molecule has 104 valence electrons. The number of rotatable bonds is 4. The largest absolute Gasteiger partial charge is 0.458 e. The Bertz CT molecular complexity index is 434.